The number of ether oxygens (including phenoxy) is 2. The van der Waals surface area contributed by atoms with Crippen LogP contribution in [0.2, 0.25) is 0 Å². The van der Waals surface area contributed by atoms with Gasteiger partial charge in [0, 0.05) is 18.8 Å². The van der Waals surface area contributed by atoms with Gasteiger partial charge in [0.15, 0.2) is 23.3 Å². The normalized spacial score (nSPS) is 12.7. The molecule has 6 heterocycles. The molecule has 0 unspecified atom stereocenters. The summed E-state index contributed by atoms with van der Waals surface area (Å²) in [4.78, 5) is 61.3. The molecule has 4 aromatic heterocycles. The van der Waals surface area contributed by atoms with Crippen molar-refractivity contribution in [2.24, 2.45) is 20.4 Å². The van der Waals surface area contributed by atoms with Gasteiger partial charge in [-0.25, -0.2) is 4.79 Å². The van der Waals surface area contributed by atoms with E-state index in [-0.39, 0.29) is 26.2 Å². The van der Waals surface area contributed by atoms with E-state index in [0.717, 1.165) is 0 Å². The molecular weight excluding hydrogens is 803 g/mol. The number of carboxylic acid groups (broad SMARTS) is 1. The first-order chi connectivity index (χ1) is 28.9. The zero-order valence-electron chi connectivity index (χ0n) is 34.3. The van der Waals surface area contributed by atoms with Crippen LogP contribution in [0.3, 0.4) is 0 Å². The van der Waals surface area contributed by atoms with Crippen LogP contribution in [0.25, 0.3) is 0 Å². The smallest absolute Gasteiger partial charge is 0.408 e. The molecule has 0 radical (unpaired) electrons. The number of nitrogens with zero attached hydrogens (tertiary/aromatic N) is 8. The maximum absolute atomic E-state index is 12.0. The van der Waals surface area contributed by atoms with E-state index in [1.54, 1.807) is 84.4 Å². The number of hydrogen-bond acceptors (Lipinski definition) is 19. The van der Waals surface area contributed by atoms with Gasteiger partial charge >= 0.3 is 18.0 Å². The van der Waals surface area contributed by atoms with Gasteiger partial charge in [0.25, 0.3) is 0 Å². The number of nitrogens with one attached hydrogen (secondary N) is 6. The molecular formula is C40H51N15O7. The Hall–Kier alpha value is -8.04. The second-order valence-corrected chi connectivity index (χ2v) is 14.5. The third-order valence-electron chi connectivity index (χ3n) is 6.99. The van der Waals surface area contributed by atoms with Crippen molar-refractivity contribution in [1.82, 2.24) is 47.0 Å². The summed E-state index contributed by atoms with van der Waals surface area (Å²) in [7, 11) is 0. The number of aliphatic carboxylic acids is 1. The lowest BCUT2D eigenvalue weighted by Gasteiger charge is -2.19. The average Bonchev–Trinajstić information content (AvgIpc) is 3.23. The fourth-order valence-corrected chi connectivity index (χ4v) is 4.45. The lowest BCUT2D eigenvalue weighted by atomic mass is 10.2. The lowest BCUT2D eigenvalue weighted by Crippen LogP contribution is -2.35. The Morgan fingerprint density at radius 3 is 1.47 bits per heavy atom. The molecule has 0 fully saturated rings. The second kappa shape index (κ2) is 22.9. The first-order valence-electron chi connectivity index (χ1n) is 18.5. The van der Waals surface area contributed by atoms with Crippen LogP contribution in [-0.2, 0) is 23.9 Å². The van der Waals surface area contributed by atoms with Crippen molar-refractivity contribution in [3.63, 3.8) is 0 Å². The molecule has 4 aromatic rings. The van der Waals surface area contributed by atoms with Crippen LogP contribution in [0.15, 0.2) is 106 Å². The van der Waals surface area contributed by atoms with E-state index in [0.29, 0.717) is 57.5 Å². The minimum atomic E-state index is -1.10. The highest BCUT2D eigenvalue weighted by Crippen LogP contribution is 2.12. The van der Waals surface area contributed by atoms with Crippen molar-refractivity contribution in [2.75, 3.05) is 17.6 Å². The van der Waals surface area contributed by atoms with Crippen LogP contribution in [-0.4, -0.2) is 90.1 Å². The maximum atomic E-state index is 12.0. The number of hydrazone groups is 4. The number of pyridine rings is 4. The summed E-state index contributed by atoms with van der Waals surface area (Å²) in [5.74, 6) is 0.200. The zero-order chi connectivity index (χ0) is 44.4. The van der Waals surface area contributed by atoms with Crippen molar-refractivity contribution < 1.29 is 33.8 Å². The first-order valence-corrected chi connectivity index (χ1v) is 18.5. The van der Waals surface area contributed by atoms with Gasteiger partial charge in [-0.05, 0) is 90.1 Å². The molecule has 22 heteroatoms. The van der Waals surface area contributed by atoms with Gasteiger partial charge in [0.2, 0.25) is 5.91 Å². The minimum Gasteiger partial charge on any atom is -0.480 e. The molecule has 0 bridgehead atoms. The number of alkyl carbamates (subject to hydrolysis) is 1. The van der Waals surface area contributed by atoms with E-state index in [1.165, 1.54) is 6.20 Å². The van der Waals surface area contributed by atoms with Gasteiger partial charge in [-0.3, -0.25) is 56.0 Å². The molecule has 6 rings (SSSR count). The molecule has 0 saturated carbocycles. The molecule has 0 spiro atoms. The third-order valence-corrected chi connectivity index (χ3v) is 6.99. The average molecular weight is 854 g/mol. The lowest BCUT2D eigenvalue weighted by molar-refractivity contribution is -0.155. The van der Waals surface area contributed by atoms with Crippen LogP contribution < -0.4 is 38.1 Å². The van der Waals surface area contributed by atoms with Crippen LogP contribution in [0, 0.1) is 0 Å². The Bertz CT molecular complexity index is 2240. The Morgan fingerprint density at radius 1 is 0.629 bits per heavy atom. The molecule has 0 aliphatic carbocycles. The number of rotatable bonds is 10. The van der Waals surface area contributed by atoms with E-state index in [1.807, 2.05) is 36.4 Å². The molecule has 0 saturated heterocycles. The van der Waals surface area contributed by atoms with E-state index in [4.69, 9.17) is 20.3 Å². The number of carboxylic acids is 1. The number of carbonyl (C=O) groups is 4. The summed E-state index contributed by atoms with van der Waals surface area (Å²) >= 11 is 0. The Labute approximate surface area is 358 Å². The van der Waals surface area contributed by atoms with Crippen LogP contribution in [0.5, 0.6) is 0 Å². The number of anilines is 2. The Kier molecular flexibility index (Phi) is 17.9. The first kappa shape index (κ1) is 48.3. The highest BCUT2D eigenvalue weighted by atomic mass is 16.6. The number of aromatic nitrogens is 4. The number of amidine groups is 4. The molecule has 0 aromatic carbocycles. The molecule has 0 atom stereocenters. The fraction of sp³-hybridized carbons (Fsp3) is 0.300. The molecule has 9 N–H and O–H groups in total. The van der Waals surface area contributed by atoms with Crippen LogP contribution in [0.4, 0.5) is 16.2 Å². The van der Waals surface area contributed by atoms with Gasteiger partial charge in [-0.15, -0.1) is 0 Å². The predicted octanol–water partition coefficient (Wildman–Crippen LogP) is 3.26. The van der Waals surface area contributed by atoms with E-state index in [2.05, 4.69) is 72.7 Å². The molecule has 2 aliphatic heterocycles. The zero-order valence-corrected chi connectivity index (χ0v) is 34.3. The van der Waals surface area contributed by atoms with Gasteiger partial charge < -0.3 is 30.9 Å². The largest absolute Gasteiger partial charge is 0.480 e. The van der Waals surface area contributed by atoms with Gasteiger partial charge in [-0.2, -0.15) is 20.4 Å². The number of hydrogen-bond donors (Lipinski definition) is 8. The quantitative estimate of drug-likeness (QED) is 0.106. The van der Waals surface area contributed by atoms with Crippen molar-refractivity contribution in [1.29, 1.82) is 0 Å². The summed E-state index contributed by atoms with van der Waals surface area (Å²) in [5.41, 5.74) is 19.4. The highest BCUT2D eigenvalue weighted by molar-refractivity contribution is 6.05. The summed E-state index contributed by atoms with van der Waals surface area (Å²) in [6, 6.07) is 18.0. The monoisotopic (exact) mass is 853 g/mol. The summed E-state index contributed by atoms with van der Waals surface area (Å²) < 4.78 is 9.96. The number of carbonyl (C=O) groups excluding carboxylic acids is 3. The molecule has 328 valence electrons. The van der Waals surface area contributed by atoms with E-state index >= 15 is 0 Å². The molecule has 22 nitrogen and oxygen atoms in total. The van der Waals surface area contributed by atoms with Crippen molar-refractivity contribution >= 4 is 58.7 Å². The summed E-state index contributed by atoms with van der Waals surface area (Å²) in [5, 5.41) is 29.7. The van der Waals surface area contributed by atoms with Gasteiger partial charge in [0.05, 0.1) is 30.2 Å². The molecule has 2 aliphatic rings. The van der Waals surface area contributed by atoms with Gasteiger partial charge in [-0.1, -0.05) is 19.6 Å². The standard InChI is InChI=1S/C20H23N7O3.C12H11N7.C7H13NO4.CH4/c1-20(2,3)30-17(29)10-9-16(28)23-13-7-8-15(22-12-13)19-26-24-18(25-27-19)14-6-4-5-11-21-14;13-8-4-5-10(15-7-8)12-18-16-11(17-19-12)9-3-1-2-6-14-9;1-7(2,3)12-6(11)8-4-5(9)10;/h4-8,11-12H,9-10H2,1-3H3,(H,23,28)(H,24,25)(H,26,27);1-7H,13H2,(H,16,17)(H,18,19);4H2,1-3H3,(H,8,11)(H,9,10);1H4. The van der Waals surface area contributed by atoms with Crippen molar-refractivity contribution in [2.45, 2.75) is 73.0 Å². The number of esters is 1. The van der Waals surface area contributed by atoms with Crippen LogP contribution in [0.1, 0.15) is 84.6 Å². The minimum absolute atomic E-state index is 0. The topological polar surface area (TPSA) is 306 Å². The van der Waals surface area contributed by atoms with Crippen LogP contribution >= 0.6 is 0 Å². The number of nitrogens with two attached hydrogens (primary N) is 1. The van der Waals surface area contributed by atoms with Gasteiger partial charge in [0.1, 0.15) is 40.5 Å². The molecule has 62 heavy (non-hydrogen) atoms. The van der Waals surface area contributed by atoms with E-state index in [9.17, 15) is 19.2 Å². The Morgan fingerprint density at radius 2 is 1.10 bits per heavy atom. The highest BCUT2D eigenvalue weighted by Gasteiger charge is 2.19. The van der Waals surface area contributed by atoms with Crippen molar-refractivity contribution in [3.8, 4) is 0 Å². The SMILES string of the molecule is C.CC(C)(C)OC(=O)CCC(=O)Nc1ccc(C2=NNC(c3ccccn3)=NN2)nc1.CC(C)(C)OC(=O)NCC(=O)O.Nc1ccc(C2=NNC(c3ccccn3)=NN2)nc1. The number of amides is 2. The summed E-state index contributed by atoms with van der Waals surface area (Å²) in [6.45, 7) is 10.0. The Balaban J connectivity index is 0.000000273. The maximum Gasteiger partial charge on any atom is 0.408 e. The fourth-order valence-electron chi connectivity index (χ4n) is 4.45. The molecule has 2 amide bonds. The number of nitrogen functional groups attached to an aromatic ring is 1. The van der Waals surface area contributed by atoms with E-state index < -0.39 is 35.8 Å². The van der Waals surface area contributed by atoms with Crippen molar-refractivity contribution in [3.05, 3.63) is 108 Å². The summed E-state index contributed by atoms with van der Waals surface area (Å²) in [6.07, 6.45) is 5.75. The third kappa shape index (κ3) is 17.4. The second-order valence-electron chi connectivity index (χ2n) is 14.5. The predicted molar refractivity (Wildman–Crippen MR) is 232 cm³/mol.